The molecule has 0 atom stereocenters. The maximum atomic E-state index is 5.27. The smallest absolute Gasteiger partial charge is 0.323 e. The maximum absolute atomic E-state index is 5.27. The van der Waals surface area contributed by atoms with Gasteiger partial charge in [-0.3, -0.25) is 0 Å². The van der Waals surface area contributed by atoms with Gasteiger partial charge in [0.05, 0.1) is 18.8 Å². The third-order valence-corrected chi connectivity index (χ3v) is 2.21. The number of hydrogen-bond acceptors (Lipinski definition) is 8. The zero-order chi connectivity index (χ0) is 13.7. The van der Waals surface area contributed by atoms with E-state index in [1.807, 2.05) is 19.9 Å². The molecule has 8 nitrogen and oxygen atoms in total. The van der Waals surface area contributed by atoms with Gasteiger partial charge in [0, 0.05) is 13.1 Å². The molecule has 0 saturated heterocycles. The molecule has 0 aromatic carbocycles. The first-order chi connectivity index (χ1) is 9.21. The van der Waals surface area contributed by atoms with E-state index in [1.165, 1.54) is 0 Å². The summed E-state index contributed by atoms with van der Waals surface area (Å²) in [5.41, 5.74) is 0.832. The SMILES string of the molecule is CCOc1nc(NC)nc(NCc2cc(C)no2)n1. The van der Waals surface area contributed by atoms with E-state index >= 15 is 0 Å². The van der Waals surface area contributed by atoms with Crippen LogP contribution < -0.4 is 15.4 Å². The van der Waals surface area contributed by atoms with Crippen molar-refractivity contribution in [2.24, 2.45) is 0 Å². The third-order valence-electron chi connectivity index (χ3n) is 2.21. The highest BCUT2D eigenvalue weighted by atomic mass is 16.5. The van der Waals surface area contributed by atoms with Gasteiger partial charge >= 0.3 is 6.01 Å². The van der Waals surface area contributed by atoms with Crippen LogP contribution in [0.4, 0.5) is 11.9 Å². The Hall–Kier alpha value is -2.38. The third kappa shape index (κ3) is 3.54. The fraction of sp³-hybridized carbons (Fsp3) is 0.455. The van der Waals surface area contributed by atoms with E-state index in [0.29, 0.717) is 30.8 Å². The Morgan fingerprint density at radius 2 is 2.05 bits per heavy atom. The van der Waals surface area contributed by atoms with Crippen LogP contribution in [0.5, 0.6) is 6.01 Å². The standard InChI is InChI=1S/C11H16N6O2/c1-4-18-11-15-9(12-3)14-10(16-11)13-6-8-5-7(2)17-19-8/h5H,4,6H2,1-3H3,(H2,12,13,14,15,16). The van der Waals surface area contributed by atoms with Crippen LogP contribution in [0, 0.1) is 6.92 Å². The molecular weight excluding hydrogens is 248 g/mol. The van der Waals surface area contributed by atoms with Crippen LogP contribution in [-0.4, -0.2) is 33.8 Å². The highest BCUT2D eigenvalue weighted by molar-refractivity contribution is 5.35. The molecule has 0 aliphatic carbocycles. The second-order valence-electron chi connectivity index (χ2n) is 3.74. The lowest BCUT2D eigenvalue weighted by atomic mass is 10.4. The van der Waals surface area contributed by atoms with Crippen molar-refractivity contribution in [2.45, 2.75) is 20.4 Å². The van der Waals surface area contributed by atoms with Gasteiger partial charge in [0.1, 0.15) is 0 Å². The van der Waals surface area contributed by atoms with Crippen molar-refractivity contribution < 1.29 is 9.26 Å². The van der Waals surface area contributed by atoms with Crippen molar-refractivity contribution in [3.05, 3.63) is 17.5 Å². The van der Waals surface area contributed by atoms with Crippen LogP contribution in [0.15, 0.2) is 10.6 Å². The molecule has 0 aliphatic heterocycles. The van der Waals surface area contributed by atoms with Gasteiger partial charge in [-0.25, -0.2) is 0 Å². The molecule has 2 N–H and O–H groups in total. The van der Waals surface area contributed by atoms with Crippen LogP contribution in [0.25, 0.3) is 0 Å². The molecule has 0 bridgehead atoms. The Morgan fingerprint density at radius 1 is 1.26 bits per heavy atom. The van der Waals surface area contributed by atoms with Crippen LogP contribution in [0.2, 0.25) is 0 Å². The van der Waals surface area contributed by atoms with Gasteiger partial charge in [0.2, 0.25) is 11.9 Å². The summed E-state index contributed by atoms with van der Waals surface area (Å²) in [6, 6.07) is 2.12. The first-order valence-corrected chi connectivity index (χ1v) is 5.94. The molecule has 2 heterocycles. The monoisotopic (exact) mass is 264 g/mol. The molecule has 2 rings (SSSR count). The van der Waals surface area contributed by atoms with Crippen molar-refractivity contribution >= 4 is 11.9 Å². The summed E-state index contributed by atoms with van der Waals surface area (Å²) in [5.74, 6) is 1.56. The van der Waals surface area contributed by atoms with Gasteiger partial charge < -0.3 is 19.9 Å². The molecule has 0 spiro atoms. The summed E-state index contributed by atoms with van der Waals surface area (Å²) < 4.78 is 10.4. The van der Waals surface area contributed by atoms with Gasteiger partial charge in [-0.15, -0.1) is 0 Å². The largest absolute Gasteiger partial charge is 0.464 e. The molecule has 2 aromatic heterocycles. The molecule has 0 aliphatic rings. The van der Waals surface area contributed by atoms with Crippen LogP contribution >= 0.6 is 0 Å². The van der Waals surface area contributed by atoms with Crippen LogP contribution in [0.3, 0.4) is 0 Å². The van der Waals surface area contributed by atoms with E-state index in [9.17, 15) is 0 Å². The molecule has 0 radical (unpaired) electrons. The Bertz CT molecular complexity index is 542. The number of aromatic nitrogens is 4. The van der Waals surface area contributed by atoms with E-state index in [2.05, 4.69) is 30.7 Å². The Morgan fingerprint density at radius 3 is 2.68 bits per heavy atom. The normalized spacial score (nSPS) is 10.3. The predicted octanol–water partition coefficient (Wildman–Crippen LogP) is 1.22. The first kappa shape index (κ1) is 13.1. The van der Waals surface area contributed by atoms with Gasteiger partial charge in [-0.2, -0.15) is 15.0 Å². The first-order valence-electron chi connectivity index (χ1n) is 5.94. The topological polar surface area (TPSA) is 98.0 Å². The fourth-order valence-electron chi connectivity index (χ4n) is 1.41. The number of anilines is 2. The van der Waals surface area contributed by atoms with Crippen LogP contribution in [-0.2, 0) is 6.54 Å². The van der Waals surface area contributed by atoms with Gasteiger partial charge in [-0.1, -0.05) is 5.16 Å². The van der Waals surface area contributed by atoms with Gasteiger partial charge in [-0.05, 0) is 13.8 Å². The van der Waals surface area contributed by atoms with E-state index in [-0.39, 0.29) is 6.01 Å². The quantitative estimate of drug-likeness (QED) is 0.803. The summed E-state index contributed by atoms with van der Waals surface area (Å²) >= 11 is 0. The summed E-state index contributed by atoms with van der Waals surface area (Å²) in [6.07, 6.45) is 0. The Balaban J connectivity index is 2.08. The van der Waals surface area contributed by atoms with Crippen molar-refractivity contribution in [1.29, 1.82) is 0 Å². The van der Waals surface area contributed by atoms with Crippen molar-refractivity contribution in [1.82, 2.24) is 20.1 Å². The summed E-state index contributed by atoms with van der Waals surface area (Å²) in [7, 11) is 1.73. The molecule has 2 aromatic rings. The van der Waals surface area contributed by atoms with E-state index < -0.39 is 0 Å². The van der Waals surface area contributed by atoms with E-state index in [1.54, 1.807) is 7.05 Å². The Labute approximate surface area is 110 Å². The lowest BCUT2D eigenvalue weighted by Gasteiger charge is -2.07. The minimum atomic E-state index is 0.276. The average Bonchev–Trinajstić information content (AvgIpc) is 2.82. The predicted molar refractivity (Wildman–Crippen MR) is 69.1 cm³/mol. The number of nitrogens with zero attached hydrogens (tertiary/aromatic N) is 4. The Kier molecular flexibility index (Phi) is 4.11. The minimum absolute atomic E-state index is 0.276. The average molecular weight is 264 g/mol. The molecule has 102 valence electrons. The molecule has 19 heavy (non-hydrogen) atoms. The fourth-order valence-corrected chi connectivity index (χ4v) is 1.41. The second-order valence-corrected chi connectivity index (χ2v) is 3.74. The molecule has 0 fully saturated rings. The van der Waals surface area contributed by atoms with Crippen LogP contribution in [0.1, 0.15) is 18.4 Å². The van der Waals surface area contributed by atoms with Gasteiger partial charge in [0.15, 0.2) is 5.76 Å². The number of nitrogens with one attached hydrogen (secondary N) is 2. The summed E-state index contributed by atoms with van der Waals surface area (Å²) in [5, 5.41) is 9.69. The minimum Gasteiger partial charge on any atom is -0.464 e. The molecule has 0 saturated carbocycles. The zero-order valence-corrected chi connectivity index (χ0v) is 11.1. The molecule has 0 unspecified atom stereocenters. The lowest BCUT2D eigenvalue weighted by Crippen LogP contribution is -2.09. The highest BCUT2D eigenvalue weighted by Crippen LogP contribution is 2.12. The maximum Gasteiger partial charge on any atom is 0.323 e. The van der Waals surface area contributed by atoms with E-state index in [0.717, 1.165) is 5.69 Å². The summed E-state index contributed by atoms with van der Waals surface area (Å²) in [4.78, 5) is 12.4. The molecule has 8 heteroatoms. The number of aryl methyl sites for hydroxylation is 1. The second kappa shape index (κ2) is 5.98. The number of ether oxygens (including phenoxy) is 1. The van der Waals surface area contributed by atoms with Crippen molar-refractivity contribution in [3.8, 4) is 6.01 Å². The number of rotatable bonds is 6. The van der Waals surface area contributed by atoms with Crippen molar-refractivity contribution in [2.75, 3.05) is 24.3 Å². The van der Waals surface area contributed by atoms with E-state index in [4.69, 9.17) is 9.26 Å². The van der Waals surface area contributed by atoms with Gasteiger partial charge in [0.25, 0.3) is 0 Å². The zero-order valence-electron chi connectivity index (χ0n) is 11.1. The summed E-state index contributed by atoms with van der Waals surface area (Å²) in [6.45, 7) is 4.67. The molecule has 0 amide bonds. The number of hydrogen-bond donors (Lipinski definition) is 2. The van der Waals surface area contributed by atoms with Crippen molar-refractivity contribution in [3.63, 3.8) is 0 Å². The molecular formula is C11H16N6O2. The highest BCUT2D eigenvalue weighted by Gasteiger charge is 2.07. The lowest BCUT2D eigenvalue weighted by molar-refractivity contribution is 0.312.